The highest BCUT2D eigenvalue weighted by Gasteiger charge is 2.14. The van der Waals surface area contributed by atoms with E-state index in [0.717, 1.165) is 0 Å². The van der Waals surface area contributed by atoms with Crippen LogP contribution in [0.25, 0.3) is 16.8 Å². The van der Waals surface area contributed by atoms with Crippen molar-refractivity contribution in [3.05, 3.63) is 78.9 Å². The molecular weight excluding hydrogens is 327 g/mol. The summed E-state index contributed by atoms with van der Waals surface area (Å²) >= 11 is 0. The zero-order valence-electron chi connectivity index (χ0n) is 13.2. The molecule has 0 aliphatic rings. The minimum atomic E-state index is 0. The summed E-state index contributed by atoms with van der Waals surface area (Å²) in [5.74, 6) is 0.508. The van der Waals surface area contributed by atoms with Crippen LogP contribution in [0, 0.1) is 0 Å². The van der Waals surface area contributed by atoms with Crippen molar-refractivity contribution in [2.24, 2.45) is 0 Å². The first-order chi connectivity index (χ1) is 10.3. The SMILES string of the molecule is CC(C)c1ccccc1-[n+]1ccc(-c2ccncc2)cc1.Cl.[Cl-]. The predicted molar refractivity (Wildman–Crippen MR) is 92.5 cm³/mol. The zero-order chi connectivity index (χ0) is 14.7. The lowest BCUT2D eigenvalue weighted by molar-refractivity contribution is -0.596. The van der Waals surface area contributed by atoms with Gasteiger partial charge in [0, 0.05) is 36.2 Å². The number of aromatic nitrogens is 2. The van der Waals surface area contributed by atoms with E-state index in [1.165, 1.54) is 22.4 Å². The van der Waals surface area contributed by atoms with Gasteiger partial charge in [0.15, 0.2) is 12.4 Å². The van der Waals surface area contributed by atoms with Crippen molar-refractivity contribution in [1.29, 1.82) is 0 Å². The molecule has 1 aromatic carbocycles. The number of hydrogen-bond donors (Lipinski definition) is 0. The molecule has 3 rings (SSSR count). The van der Waals surface area contributed by atoms with Crippen molar-refractivity contribution in [3.63, 3.8) is 0 Å². The Morgan fingerprint density at radius 3 is 2.00 bits per heavy atom. The van der Waals surface area contributed by atoms with Crippen LogP contribution in [0.2, 0.25) is 0 Å². The molecule has 0 bridgehead atoms. The van der Waals surface area contributed by atoms with Gasteiger partial charge < -0.3 is 12.4 Å². The monoisotopic (exact) mass is 346 g/mol. The molecule has 0 saturated heterocycles. The highest BCUT2D eigenvalue weighted by atomic mass is 35.5. The molecule has 3 aromatic rings. The van der Waals surface area contributed by atoms with Gasteiger partial charge in [0.25, 0.3) is 0 Å². The fourth-order valence-corrected chi connectivity index (χ4v) is 2.53. The number of pyridine rings is 2. The van der Waals surface area contributed by atoms with Gasteiger partial charge in [-0.3, -0.25) is 4.98 Å². The first kappa shape index (κ1) is 19.1. The van der Waals surface area contributed by atoms with Gasteiger partial charge in [0.2, 0.25) is 5.69 Å². The maximum absolute atomic E-state index is 4.06. The van der Waals surface area contributed by atoms with Crippen molar-refractivity contribution in [1.82, 2.24) is 4.98 Å². The average molecular weight is 347 g/mol. The molecule has 0 aliphatic carbocycles. The van der Waals surface area contributed by atoms with E-state index in [1.807, 2.05) is 24.5 Å². The summed E-state index contributed by atoms with van der Waals surface area (Å²) in [7, 11) is 0. The van der Waals surface area contributed by atoms with Crippen LogP contribution in [0.3, 0.4) is 0 Å². The highest BCUT2D eigenvalue weighted by molar-refractivity contribution is 5.85. The third-order valence-electron chi connectivity index (χ3n) is 3.68. The van der Waals surface area contributed by atoms with E-state index >= 15 is 0 Å². The van der Waals surface area contributed by atoms with E-state index in [0.29, 0.717) is 5.92 Å². The van der Waals surface area contributed by atoms with Gasteiger partial charge in [0.1, 0.15) is 0 Å². The second-order valence-electron chi connectivity index (χ2n) is 5.44. The lowest BCUT2D eigenvalue weighted by Gasteiger charge is -2.08. The molecule has 0 saturated carbocycles. The maximum atomic E-state index is 4.06. The zero-order valence-corrected chi connectivity index (χ0v) is 14.8. The molecule has 2 heterocycles. The van der Waals surface area contributed by atoms with Crippen LogP contribution in [0.5, 0.6) is 0 Å². The number of rotatable bonds is 3. The van der Waals surface area contributed by atoms with E-state index in [-0.39, 0.29) is 24.8 Å². The molecule has 4 heteroatoms. The summed E-state index contributed by atoms with van der Waals surface area (Å²) in [4.78, 5) is 4.06. The summed E-state index contributed by atoms with van der Waals surface area (Å²) in [5.41, 5.74) is 5.00. The molecule has 0 unspecified atom stereocenters. The Morgan fingerprint density at radius 1 is 0.826 bits per heavy atom. The van der Waals surface area contributed by atoms with Gasteiger partial charge in [-0.25, -0.2) is 0 Å². The quantitative estimate of drug-likeness (QED) is 0.658. The summed E-state index contributed by atoms with van der Waals surface area (Å²) in [6, 6.07) is 16.9. The predicted octanol–water partition coefficient (Wildman–Crippen LogP) is 1.57. The number of nitrogens with zero attached hydrogens (tertiary/aromatic N) is 2. The summed E-state index contributed by atoms with van der Waals surface area (Å²) in [5, 5.41) is 0. The number of hydrogen-bond acceptors (Lipinski definition) is 1. The second kappa shape index (κ2) is 8.66. The van der Waals surface area contributed by atoms with E-state index in [4.69, 9.17) is 0 Å². The van der Waals surface area contributed by atoms with Crippen LogP contribution in [0.15, 0.2) is 73.3 Å². The Bertz CT molecular complexity index is 726. The molecule has 0 amide bonds. The number of benzene rings is 1. The van der Waals surface area contributed by atoms with Gasteiger partial charge in [0.05, 0.1) is 0 Å². The van der Waals surface area contributed by atoms with Gasteiger partial charge in [-0.15, -0.1) is 12.4 Å². The smallest absolute Gasteiger partial charge is 0.214 e. The van der Waals surface area contributed by atoms with Crippen molar-refractivity contribution in [2.75, 3.05) is 0 Å². The molecular formula is C19H20Cl2N2. The Morgan fingerprint density at radius 2 is 1.39 bits per heavy atom. The Kier molecular flexibility index (Phi) is 7.21. The Balaban J connectivity index is 0.00000132. The van der Waals surface area contributed by atoms with Crippen LogP contribution >= 0.6 is 12.4 Å². The normalized spacial score (nSPS) is 9.87. The highest BCUT2D eigenvalue weighted by Crippen LogP contribution is 2.20. The molecule has 0 radical (unpaired) electrons. The molecule has 2 aromatic heterocycles. The maximum Gasteiger partial charge on any atom is 0.214 e. The fourth-order valence-electron chi connectivity index (χ4n) is 2.53. The Hall–Kier alpha value is -1.90. The van der Waals surface area contributed by atoms with E-state index < -0.39 is 0 Å². The molecule has 0 aliphatic heterocycles. The molecule has 0 spiro atoms. The minimum Gasteiger partial charge on any atom is -1.00 e. The van der Waals surface area contributed by atoms with Crippen molar-refractivity contribution < 1.29 is 17.0 Å². The van der Waals surface area contributed by atoms with E-state index in [9.17, 15) is 0 Å². The third kappa shape index (κ3) is 4.31. The van der Waals surface area contributed by atoms with Crippen LogP contribution in [0.1, 0.15) is 25.3 Å². The number of halogens is 2. The van der Waals surface area contributed by atoms with Crippen molar-refractivity contribution >= 4 is 12.4 Å². The standard InChI is InChI=1S/C19H19N2.2ClH/c1-15(2)18-5-3-4-6-19(18)21-13-9-17(10-14-21)16-7-11-20-12-8-16;;/h3-15H,1-2H3;2*1H/q+1;;/p-1. The van der Waals surface area contributed by atoms with Crippen LogP contribution in [-0.2, 0) is 0 Å². The van der Waals surface area contributed by atoms with Gasteiger partial charge in [-0.05, 0) is 29.2 Å². The van der Waals surface area contributed by atoms with Crippen LogP contribution in [0.4, 0.5) is 0 Å². The lowest BCUT2D eigenvalue weighted by atomic mass is 10.0. The molecule has 23 heavy (non-hydrogen) atoms. The largest absolute Gasteiger partial charge is 1.00 e. The average Bonchev–Trinajstić information content (AvgIpc) is 2.56. The van der Waals surface area contributed by atoms with Crippen molar-refractivity contribution in [3.8, 4) is 16.8 Å². The van der Waals surface area contributed by atoms with Gasteiger partial charge in [-0.2, -0.15) is 4.57 Å². The van der Waals surface area contributed by atoms with Gasteiger partial charge >= 0.3 is 0 Å². The summed E-state index contributed by atoms with van der Waals surface area (Å²) in [6.45, 7) is 4.45. The third-order valence-corrected chi connectivity index (χ3v) is 3.68. The lowest BCUT2D eigenvalue weighted by Crippen LogP contribution is -3.00. The van der Waals surface area contributed by atoms with Crippen LogP contribution in [-0.4, -0.2) is 4.98 Å². The molecule has 120 valence electrons. The molecule has 0 N–H and O–H groups in total. The first-order valence-electron chi connectivity index (χ1n) is 7.27. The Labute approximate surface area is 150 Å². The van der Waals surface area contributed by atoms with E-state index in [1.54, 1.807) is 0 Å². The van der Waals surface area contributed by atoms with E-state index in [2.05, 4.69) is 72.2 Å². The first-order valence-corrected chi connectivity index (χ1v) is 7.27. The van der Waals surface area contributed by atoms with Crippen molar-refractivity contribution in [2.45, 2.75) is 19.8 Å². The topological polar surface area (TPSA) is 16.8 Å². The summed E-state index contributed by atoms with van der Waals surface area (Å²) < 4.78 is 2.18. The number of para-hydroxylation sites is 1. The fraction of sp³-hybridized carbons (Fsp3) is 0.158. The summed E-state index contributed by atoms with van der Waals surface area (Å²) in [6.07, 6.45) is 7.89. The van der Waals surface area contributed by atoms with Crippen LogP contribution < -0.4 is 17.0 Å². The second-order valence-corrected chi connectivity index (χ2v) is 5.44. The molecule has 2 nitrogen and oxygen atoms in total. The minimum absolute atomic E-state index is 0. The molecule has 0 atom stereocenters. The van der Waals surface area contributed by atoms with Gasteiger partial charge in [-0.1, -0.05) is 32.0 Å². The molecule has 0 fully saturated rings.